The Morgan fingerprint density at radius 3 is 2.62 bits per heavy atom. The number of amides is 1. The van der Waals surface area contributed by atoms with Crippen LogP contribution in [-0.2, 0) is 0 Å². The van der Waals surface area contributed by atoms with E-state index in [-0.39, 0.29) is 5.91 Å². The van der Waals surface area contributed by atoms with Gasteiger partial charge in [-0.3, -0.25) is 9.21 Å². The Hall–Kier alpha value is -2.31. The van der Waals surface area contributed by atoms with Crippen molar-refractivity contribution in [2.45, 2.75) is 13.8 Å². The molecule has 0 spiro atoms. The van der Waals surface area contributed by atoms with Gasteiger partial charge in [-0.2, -0.15) is 5.10 Å². The van der Waals surface area contributed by atoms with Crippen molar-refractivity contribution < 1.29 is 4.79 Å². The summed E-state index contributed by atoms with van der Waals surface area (Å²) in [6.45, 7) is 5.07. The van der Waals surface area contributed by atoms with Gasteiger partial charge in [-0.1, -0.05) is 37.6 Å². The molecule has 1 aromatic carbocycles. The quantitative estimate of drug-likeness (QED) is 0.656. The standard InChI is InChI=1S/C18H19Cl2N5O/c1-11(2)9-21-14-8-16(19)23-25-15(10-22-17(14)25)12-4-6-13(7-5-12)18(26)24(3)20/h4-8,10-11,21H,9H2,1-3H3. The van der Waals surface area contributed by atoms with Crippen LogP contribution in [0, 0.1) is 5.92 Å². The monoisotopic (exact) mass is 391 g/mol. The Balaban J connectivity index is 1.99. The lowest BCUT2D eigenvalue weighted by molar-refractivity contribution is 0.0885. The van der Waals surface area contributed by atoms with Crippen molar-refractivity contribution in [3.8, 4) is 11.3 Å². The average molecular weight is 392 g/mol. The van der Waals surface area contributed by atoms with E-state index in [1.807, 2.05) is 12.1 Å². The number of anilines is 1. The van der Waals surface area contributed by atoms with E-state index >= 15 is 0 Å². The zero-order valence-electron chi connectivity index (χ0n) is 14.7. The van der Waals surface area contributed by atoms with Crippen molar-refractivity contribution >= 4 is 40.6 Å². The normalized spacial score (nSPS) is 11.2. The molecule has 8 heteroatoms. The minimum absolute atomic E-state index is 0.266. The zero-order chi connectivity index (χ0) is 18.8. The number of carbonyl (C=O) groups excluding carboxylic acids is 1. The largest absolute Gasteiger partial charge is 0.382 e. The van der Waals surface area contributed by atoms with Crippen LogP contribution in [0.3, 0.4) is 0 Å². The van der Waals surface area contributed by atoms with Gasteiger partial charge in [0.1, 0.15) is 0 Å². The molecule has 0 unspecified atom stereocenters. The Labute approximate surface area is 161 Å². The molecule has 0 atom stereocenters. The van der Waals surface area contributed by atoms with E-state index in [4.69, 9.17) is 23.4 Å². The van der Waals surface area contributed by atoms with Gasteiger partial charge in [0, 0.05) is 42.6 Å². The second-order valence-electron chi connectivity index (χ2n) is 6.39. The van der Waals surface area contributed by atoms with E-state index in [0.29, 0.717) is 22.3 Å². The highest BCUT2D eigenvalue weighted by Crippen LogP contribution is 2.26. The van der Waals surface area contributed by atoms with Crippen molar-refractivity contribution in [2.24, 2.45) is 5.92 Å². The number of imidazole rings is 1. The van der Waals surface area contributed by atoms with Gasteiger partial charge in [0.2, 0.25) is 0 Å². The van der Waals surface area contributed by atoms with E-state index in [1.54, 1.807) is 28.9 Å². The van der Waals surface area contributed by atoms with Gasteiger partial charge in [0.05, 0.1) is 17.6 Å². The molecule has 26 heavy (non-hydrogen) atoms. The van der Waals surface area contributed by atoms with E-state index in [0.717, 1.165) is 27.9 Å². The van der Waals surface area contributed by atoms with E-state index in [2.05, 4.69) is 29.2 Å². The van der Waals surface area contributed by atoms with Crippen LogP contribution in [-0.4, -0.2) is 38.5 Å². The highest BCUT2D eigenvalue weighted by Gasteiger charge is 2.14. The van der Waals surface area contributed by atoms with Crippen LogP contribution < -0.4 is 5.32 Å². The summed E-state index contributed by atoms with van der Waals surface area (Å²) >= 11 is 11.9. The minimum atomic E-state index is -0.266. The predicted octanol–water partition coefficient (Wildman–Crippen LogP) is 4.34. The van der Waals surface area contributed by atoms with Crippen LogP contribution in [0.15, 0.2) is 36.5 Å². The number of aromatic nitrogens is 3. The molecular weight excluding hydrogens is 373 g/mol. The third kappa shape index (κ3) is 3.76. The Morgan fingerprint density at radius 1 is 1.31 bits per heavy atom. The number of nitrogens with zero attached hydrogens (tertiary/aromatic N) is 4. The summed E-state index contributed by atoms with van der Waals surface area (Å²) in [6.07, 6.45) is 1.74. The van der Waals surface area contributed by atoms with Gasteiger partial charge in [-0.05, 0) is 18.1 Å². The lowest BCUT2D eigenvalue weighted by atomic mass is 10.1. The minimum Gasteiger partial charge on any atom is -0.382 e. The van der Waals surface area contributed by atoms with Gasteiger partial charge in [-0.15, -0.1) is 0 Å². The number of nitrogens with one attached hydrogen (secondary N) is 1. The highest BCUT2D eigenvalue weighted by molar-refractivity contribution is 6.29. The number of benzene rings is 1. The molecule has 0 aliphatic heterocycles. The fraction of sp³-hybridized carbons (Fsp3) is 0.278. The number of hydrogen-bond acceptors (Lipinski definition) is 4. The molecule has 0 saturated carbocycles. The maximum Gasteiger partial charge on any atom is 0.267 e. The molecule has 1 amide bonds. The Kier molecular flexibility index (Phi) is 5.34. The lowest BCUT2D eigenvalue weighted by Gasteiger charge is -2.11. The third-order valence-corrected chi connectivity index (χ3v) is 4.18. The number of rotatable bonds is 5. The molecule has 0 fully saturated rings. The van der Waals surface area contributed by atoms with Crippen LogP contribution in [0.1, 0.15) is 24.2 Å². The maximum absolute atomic E-state index is 11.9. The molecule has 1 N–H and O–H groups in total. The first-order chi connectivity index (χ1) is 12.4. The highest BCUT2D eigenvalue weighted by atomic mass is 35.5. The Bertz CT molecular complexity index is 935. The second kappa shape index (κ2) is 7.51. The van der Waals surface area contributed by atoms with Crippen LogP contribution in [0.5, 0.6) is 0 Å². The molecule has 0 bridgehead atoms. The molecule has 0 radical (unpaired) electrons. The Morgan fingerprint density at radius 2 is 2.00 bits per heavy atom. The first-order valence-corrected chi connectivity index (χ1v) is 8.91. The van der Waals surface area contributed by atoms with Crippen LogP contribution >= 0.6 is 23.4 Å². The van der Waals surface area contributed by atoms with Gasteiger partial charge >= 0.3 is 0 Å². The van der Waals surface area contributed by atoms with Crippen LogP contribution in [0.4, 0.5) is 5.69 Å². The second-order valence-corrected chi connectivity index (χ2v) is 7.29. The molecule has 6 nitrogen and oxygen atoms in total. The van der Waals surface area contributed by atoms with Crippen LogP contribution in [0.25, 0.3) is 16.9 Å². The molecule has 0 aliphatic rings. The van der Waals surface area contributed by atoms with Gasteiger partial charge < -0.3 is 5.32 Å². The number of carbonyl (C=O) groups is 1. The summed E-state index contributed by atoms with van der Waals surface area (Å²) in [5.41, 5.74) is 3.70. The molecule has 0 aliphatic carbocycles. The fourth-order valence-electron chi connectivity index (χ4n) is 2.54. The molecule has 3 aromatic rings. The summed E-state index contributed by atoms with van der Waals surface area (Å²) in [5, 5.41) is 8.10. The van der Waals surface area contributed by atoms with Crippen LogP contribution in [0.2, 0.25) is 5.15 Å². The lowest BCUT2D eigenvalue weighted by Crippen LogP contribution is -2.16. The smallest absolute Gasteiger partial charge is 0.267 e. The van der Waals surface area contributed by atoms with Crippen molar-refractivity contribution in [3.05, 3.63) is 47.2 Å². The number of halogens is 2. The van der Waals surface area contributed by atoms with E-state index in [1.165, 1.54) is 7.05 Å². The third-order valence-electron chi connectivity index (χ3n) is 3.85. The maximum atomic E-state index is 11.9. The summed E-state index contributed by atoms with van der Waals surface area (Å²) in [5.74, 6) is 0.222. The van der Waals surface area contributed by atoms with E-state index < -0.39 is 0 Å². The summed E-state index contributed by atoms with van der Waals surface area (Å²) in [7, 11) is 1.50. The number of hydrogen-bond donors (Lipinski definition) is 1. The molecule has 3 rings (SSSR count). The number of fused-ring (bicyclic) bond motifs is 1. The molecular formula is C18H19Cl2N5O. The summed E-state index contributed by atoms with van der Waals surface area (Å²) in [4.78, 5) is 16.4. The first-order valence-electron chi connectivity index (χ1n) is 8.19. The molecule has 2 heterocycles. The molecule has 2 aromatic heterocycles. The van der Waals surface area contributed by atoms with Crippen molar-refractivity contribution in [2.75, 3.05) is 18.9 Å². The molecule has 0 saturated heterocycles. The predicted molar refractivity (Wildman–Crippen MR) is 105 cm³/mol. The van der Waals surface area contributed by atoms with Crippen molar-refractivity contribution in [1.82, 2.24) is 19.0 Å². The zero-order valence-corrected chi connectivity index (χ0v) is 16.2. The SMILES string of the molecule is CC(C)CNc1cc(Cl)nn2c(-c3ccc(C(=O)N(C)Cl)cc3)cnc12. The summed E-state index contributed by atoms with van der Waals surface area (Å²) in [6, 6.07) is 8.88. The van der Waals surface area contributed by atoms with Gasteiger partial charge in [0.25, 0.3) is 5.91 Å². The van der Waals surface area contributed by atoms with Crippen molar-refractivity contribution in [3.63, 3.8) is 0 Å². The topological polar surface area (TPSA) is 62.5 Å². The van der Waals surface area contributed by atoms with Crippen molar-refractivity contribution in [1.29, 1.82) is 0 Å². The molecule has 136 valence electrons. The van der Waals surface area contributed by atoms with Gasteiger partial charge in [0.15, 0.2) is 10.8 Å². The van der Waals surface area contributed by atoms with Gasteiger partial charge in [-0.25, -0.2) is 9.50 Å². The fourth-order valence-corrected chi connectivity index (χ4v) is 2.82. The van der Waals surface area contributed by atoms with E-state index in [9.17, 15) is 4.79 Å². The average Bonchev–Trinajstić information content (AvgIpc) is 3.02. The first kappa shape index (κ1) is 18.5. The summed E-state index contributed by atoms with van der Waals surface area (Å²) < 4.78 is 2.73.